The number of aromatic amines is 1. The van der Waals surface area contributed by atoms with Gasteiger partial charge in [0.15, 0.2) is 21.4 Å². The van der Waals surface area contributed by atoms with Crippen LogP contribution < -0.4 is 10.1 Å². The van der Waals surface area contributed by atoms with Crippen LogP contribution in [0.1, 0.15) is 38.4 Å². The third kappa shape index (κ3) is 6.01. The van der Waals surface area contributed by atoms with E-state index in [-0.39, 0.29) is 33.8 Å². The number of amides is 2. The zero-order valence-corrected chi connectivity index (χ0v) is 26.0. The Balaban J connectivity index is 1.29. The monoisotopic (exact) mass is 628 g/mol. The van der Waals surface area contributed by atoms with Gasteiger partial charge in [0.1, 0.15) is 5.75 Å². The van der Waals surface area contributed by atoms with Crippen LogP contribution in [0.3, 0.4) is 0 Å². The number of halogens is 1. The van der Waals surface area contributed by atoms with Gasteiger partial charge in [0.05, 0.1) is 21.8 Å². The van der Waals surface area contributed by atoms with E-state index in [9.17, 15) is 22.4 Å². The first-order chi connectivity index (χ1) is 21.5. The molecule has 45 heavy (non-hydrogen) atoms. The van der Waals surface area contributed by atoms with Crippen molar-refractivity contribution in [2.45, 2.75) is 24.5 Å². The third-order valence-electron chi connectivity index (χ3n) is 8.28. The molecule has 0 aliphatic carbocycles. The number of carbonyl (C=O) groups excluding carboxylic acids is 2. The van der Waals surface area contributed by atoms with Gasteiger partial charge in [-0.3, -0.25) is 9.59 Å². The highest BCUT2D eigenvalue weighted by Crippen LogP contribution is 2.37. The predicted octanol–water partition coefficient (Wildman–Crippen LogP) is 5.42. The summed E-state index contributed by atoms with van der Waals surface area (Å²) in [5.41, 5.74) is 4.19. The van der Waals surface area contributed by atoms with E-state index in [2.05, 4.69) is 15.2 Å². The number of para-hydroxylation sites is 2. The van der Waals surface area contributed by atoms with E-state index in [1.165, 1.54) is 24.3 Å². The number of piperazine rings is 1. The number of ether oxygens (including phenoxy) is 1. The maximum absolute atomic E-state index is 14.2. The highest BCUT2D eigenvalue weighted by Gasteiger charge is 2.30. The molecule has 2 aliphatic heterocycles. The molecule has 232 valence electrons. The predicted molar refractivity (Wildman–Crippen MR) is 170 cm³/mol. The summed E-state index contributed by atoms with van der Waals surface area (Å²) in [6.45, 7) is 6.56. The van der Waals surface area contributed by atoms with Crippen molar-refractivity contribution in [1.82, 2.24) is 14.8 Å². The molecule has 0 unspecified atom stereocenters. The molecule has 1 fully saturated rings. The largest absolute Gasteiger partial charge is 0.454 e. The maximum Gasteiger partial charge on any atom is 0.256 e. The fourth-order valence-corrected chi connectivity index (χ4v) is 7.10. The van der Waals surface area contributed by atoms with E-state index in [0.29, 0.717) is 46.9 Å². The molecule has 2 N–H and O–H groups in total. The molecule has 0 saturated carbocycles. The summed E-state index contributed by atoms with van der Waals surface area (Å²) >= 11 is 0. The molecule has 3 aromatic carbocycles. The lowest BCUT2D eigenvalue weighted by Crippen LogP contribution is -2.47. The Morgan fingerprint density at radius 3 is 2.40 bits per heavy atom. The molecule has 0 atom stereocenters. The number of carbonyl (C=O) groups is 2. The van der Waals surface area contributed by atoms with E-state index < -0.39 is 21.4 Å². The van der Waals surface area contributed by atoms with Crippen LogP contribution in [0.4, 0.5) is 10.1 Å². The zero-order chi connectivity index (χ0) is 31.9. The molecule has 3 heterocycles. The first-order valence-electron chi connectivity index (χ1n) is 14.6. The highest BCUT2D eigenvalue weighted by molar-refractivity contribution is 7.90. The lowest BCUT2D eigenvalue weighted by atomic mass is 10.0. The average molecular weight is 629 g/mol. The number of hydrogen-bond donors (Lipinski definition) is 2. The highest BCUT2D eigenvalue weighted by atomic mass is 32.2. The number of sulfone groups is 1. The third-order valence-corrected chi connectivity index (χ3v) is 9.94. The summed E-state index contributed by atoms with van der Waals surface area (Å²) < 4.78 is 47.3. The molecule has 2 amide bonds. The van der Waals surface area contributed by atoms with Gasteiger partial charge in [-0.2, -0.15) is 0 Å². The summed E-state index contributed by atoms with van der Waals surface area (Å²) in [6, 6.07) is 17.0. The second-order valence-electron chi connectivity index (χ2n) is 11.4. The van der Waals surface area contributed by atoms with Gasteiger partial charge in [0.2, 0.25) is 0 Å². The van der Waals surface area contributed by atoms with Crippen LogP contribution in [0.15, 0.2) is 71.6 Å². The van der Waals surface area contributed by atoms with Gasteiger partial charge in [-0.15, -0.1) is 0 Å². The van der Waals surface area contributed by atoms with Crippen LogP contribution in [-0.4, -0.2) is 68.2 Å². The Labute approximate surface area is 261 Å². The normalized spacial score (nSPS) is 16.1. The zero-order valence-electron chi connectivity index (χ0n) is 25.2. The van der Waals surface area contributed by atoms with Crippen molar-refractivity contribution in [1.29, 1.82) is 0 Å². The molecule has 11 heteroatoms. The number of likely N-dealkylation sites (N-methyl/N-ethyl adjacent to an activating group) is 1. The minimum Gasteiger partial charge on any atom is -0.454 e. The van der Waals surface area contributed by atoms with Crippen LogP contribution in [0.25, 0.3) is 11.6 Å². The number of fused-ring (bicyclic) bond motifs is 1. The number of nitrogens with zero attached hydrogens (tertiary/aromatic N) is 2. The van der Waals surface area contributed by atoms with Crippen LogP contribution in [0.2, 0.25) is 0 Å². The second-order valence-corrected chi connectivity index (χ2v) is 13.4. The molecular weight excluding hydrogens is 595 g/mol. The van der Waals surface area contributed by atoms with E-state index in [1.54, 1.807) is 48.5 Å². The van der Waals surface area contributed by atoms with Crippen molar-refractivity contribution in [3.63, 3.8) is 0 Å². The van der Waals surface area contributed by atoms with Gasteiger partial charge in [-0.25, -0.2) is 12.8 Å². The molecule has 1 aromatic heterocycles. The molecule has 0 bridgehead atoms. The number of aryl methyl sites for hydroxylation is 1. The molecule has 0 radical (unpaired) electrons. The molecule has 0 spiro atoms. The van der Waals surface area contributed by atoms with E-state index in [4.69, 9.17) is 4.74 Å². The van der Waals surface area contributed by atoms with Crippen LogP contribution in [-0.2, 0) is 20.4 Å². The Bertz CT molecular complexity index is 1960. The van der Waals surface area contributed by atoms with Crippen molar-refractivity contribution in [2.24, 2.45) is 0 Å². The van der Waals surface area contributed by atoms with Gasteiger partial charge in [-0.05, 0) is 68.9 Å². The van der Waals surface area contributed by atoms with Gasteiger partial charge < -0.3 is 24.8 Å². The summed E-state index contributed by atoms with van der Waals surface area (Å²) in [7, 11) is -1.88. The van der Waals surface area contributed by atoms with Crippen molar-refractivity contribution in [3.8, 4) is 11.5 Å². The number of anilines is 1. The van der Waals surface area contributed by atoms with E-state index >= 15 is 0 Å². The van der Waals surface area contributed by atoms with Crippen LogP contribution in [0, 0.1) is 19.7 Å². The topological polar surface area (TPSA) is 112 Å². The molecule has 2 aliphatic rings. The first kappa shape index (κ1) is 30.3. The second kappa shape index (κ2) is 12.0. The number of H-pyrrole nitrogens is 1. The fourth-order valence-electron chi connectivity index (χ4n) is 5.71. The van der Waals surface area contributed by atoms with Crippen molar-refractivity contribution < 1.29 is 27.1 Å². The minimum atomic E-state index is -3.91. The minimum absolute atomic E-state index is 0.0116. The average Bonchev–Trinajstić information content (AvgIpc) is 3.48. The molecule has 6 rings (SSSR count). The Kier molecular flexibility index (Phi) is 8.07. The molecular formula is C34H33FN4O5S. The van der Waals surface area contributed by atoms with Gasteiger partial charge in [-0.1, -0.05) is 30.3 Å². The van der Waals surface area contributed by atoms with Crippen molar-refractivity contribution in [3.05, 3.63) is 106 Å². The Hall–Kier alpha value is -4.74. The number of nitrogens with one attached hydrogen (secondary N) is 2. The van der Waals surface area contributed by atoms with Gasteiger partial charge in [0.25, 0.3) is 11.8 Å². The lowest BCUT2D eigenvalue weighted by molar-refractivity contribution is -0.110. The maximum atomic E-state index is 14.2. The SMILES string of the molecule is Cc1[nH]c(C=C2C(=O)Nc3ccc(S(=O)(=O)Cc4ccccc4Oc4ccccc4F)cc32)c(C)c1C(=O)N1CCN(C)CC1. The van der Waals surface area contributed by atoms with Crippen molar-refractivity contribution >= 4 is 39.0 Å². The smallest absolute Gasteiger partial charge is 0.256 e. The van der Waals surface area contributed by atoms with Gasteiger partial charge >= 0.3 is 0 Å². The molecule has 1 saturated heterocycles. The van der Waals surface area contributed by atoms with E-state index in [1.807, 2.05) is 25.8 Å². The standard InChI is InChI=1S/C34H33FN4O5S/c1-21-29(36-22(2)32(21)34(41)39-16-14-38(3)15-17-39)19-26-25-18-24(12-13-28(25)37-33(26)40)45(42,43)20-23-8-4-6-10-30(23)44-31-11-7-5-9-27(31)35/h4-13,18-19,36H,14-17,20H2,1-3H3,(H,37,40). The van der Waals surface area contributed by atoms with Crippen LogP contribution >= 0.6 is 0 Å². The molecule has 9 nitrogen and oxygen atoms in total. The number of rotatable bonds is 7. The number of aromatic nitrogens is 1. The summed E-state index contributed by atoms with van der Waals surface area (Å²) in [5, 5.41) is 2.81. The lowest BCUT2D eigenvalue weighted by Gasteiger charge is -2.32. The number of benzene rings is 3. The Morgan fingerprint density at radius 1 is 0.978 bits per heavy atom. The molecule has 4 aromatic rings. The number of hydrogen-bond acceptors (Lipinski definition) is 6. The first-order valence-corrected chi connectivity index (χ1v) is 16.2. The summed E-state index contributed by atoms with van der Waals surface area (Å²) in [4.78, 5) is 33.8. The summed E-state index contributed by atoms with van der Waals surface area (Å²) in [6.07, 6.45) is 1.66. The van der Waals surface area contributed by atoms with Crippen LogP contribution in [0.5, 0.6) is 11.5 Å². The van der Waals surface area contributed by atoms with Crippen molar-refractivity contribution in [2.75, 3.05) is 38.5 Å². The quantitative estimate of drug-likeness (QED) is 0.265. The summed E-state index contributed by atoms with van der Waals surface area (Å²) in [5.74, 6) is -1.17. The fraction of sp³-hybridized carbons (Fsp3) is 0.235. The van der Waals surface area contributed by atoms with Gasteiger partial charge in [0, 0.05) is 54.4 Å². The van der Waals surface area contributed by atoms with E-state index in [0.717, 1.165) is 18.7 Å². The Morgan fingerprint density at radius 2 is 1.67 bits per heavy atom.